The van der Waals surface area contributed by atoms with Crippen LogP contribution in [0.2, 0.25) is 0 Å². The molecule has 0 aliphatic rings. The van der Waals surface area contributed by atoms with Gasteiger partial charge in [0.05, 0.1) is 17.3 Å². The van der Waals surface area contributed by atoms with Crippen molar-refractivity contribution in [3.8, 4) is 0 Å². The van der Waals surface area contributed by atoms with E-state index in [9.17, 15) is 4.79 Å². The van der Waals surface area contributed by atoms with Gasteiger partial charge in [0.15, 0.2) is 0 Å². The fourth-order valence-corrected chi connectivity index (χ4v) is 2.39. The zero-order valence-corrected chi connectivity index (χ0v) is 12.0. The van der Waals surface area contributed by atoms with Crippen LogP contribution < -0.4 is 0 Å². The lowest BCUT2D eigenvalue weighted by molar-refractivity contribution is 0.0787. The summed E-state index contributed by atoms with van der Waals surface area (Å²) < 4.78 is 1.73. The normalized spacial score (nSPS) is 10.8. The lowest BCUT2D eigenvalue weighted by Crippen LogP contribution is -2.26. The summed E-state index contributed by atoms with van der Waals surface area (Å²) in [6, 6.07) is 9.44. The SMILES string of the molecule is CN(Cc1cnn(C)c1)C(=O)c1ccnc2ccccc12. The van der Waals surface area contributed by atoms with Gasteiger partial charge in [-0.2, -0.15) is 5.10 Å². The second kappa shape index (κ2) is 5.36. The minimum Gasteiger partial charge on any atom is -0.337 e. The van der Waals surface area contributed by atoms with Crippen LogP contribution in [-0.4, -0.2) is 32.6 Å². The number of rotatable bonds is 3. The van der Waals surface area contributed by atoms with Crippen LogP contribution in [0.3, 0.4) is 0 Å². The van der Waals surface area contributed by atoms with Crippen LogP contribution in [0.1, 0.15) is 15.9 Å². The molecule has 0 spiro atoms. The van der Waals surface area contributed by atoms with Crippen LogP contribution in [0.15, 0.2) is 48.9 Å². The standard InChI is InChI=1S/C16H16N4O/c1-19(10-12-9-18-20(2)11-12)16(21)14-7-8-17-15-6-4-3-5-13(14)15/h3-9,11H,10H2,1-2H3. The zero-order chi connectivity index (χ0) is 14.8. The minimum absolute atomic E-state index is 0.0162. The number of fused-ring (bicyclic) bond motifs is 1. The second-order valence-corrected chi connectivity index (χ2v) is 5.06. The fourth-order valence-electron chi connectivity index (χ4n) is 2.39. The van der Waals surface area contributed by atoms with Crippen molar-refractivity contribution < 1.29 is 4.79 Å². The molecule has 3 rings (SSSR count). The molecule has 5 nitrogen and oxygen atoms in total. The van der Waals surface area contributed by atoms with E-state index >= 15 is 0 Å². The summed E-state index contributed by atoms with van der Waals surface area (Å²) in [5, 5.41) is 5.00. The summed E-state index contributed by atoms with van der Waals surface area (Å²) in [6.45, 7) is 0.531. The largest absolute Gasteiger partial charge is 0.337 e. The van der Waals surface area contributed by atoms with Gasteiger partial charge in [0.1, 0.15) is 0 Å². The van der Waals surface area contributed by atoms with Crippen molar-refractivity contribution in [1.29, 1.82) is 0 Å². The van der Waals surface area contributed by atoms with Crippen molar-refractivity contribution in [2.24, 2.45) is 7.05 Å². The molecule has 0 radical (unpaired) electrons. The van der Waals surface area contributed by atoms with Crippen LogP contribution in [0, 0.1) is 0 Å². The molecular formula is C16H16N4O. The number of carbonyl (C=O) groups is 1. The number of amides is 1. The van der Waals surface area contributed by atoms with Crippen molar-refractivity contribution in [2.75, 3.05) is 7.05 Å². The number of hydrogen-bond acceptors (Lipinski definition) is 3. The first-order valence-corrected chi connectivity index (χ1v) is 6.72. The molecule has 106 valence electrons. The summed E-state index contributed by atoms with van der Waals surface area (Å²) in [4.78, 5) is 18.6. The van der Waals surface area contributed by atoms with Crippen LogP contribution in [0.5, 0.6) is 0 Å². The molecule has 0 unspecified atom stereocenters. The van der Waals surface area contributed by atoms with Gasteiger partial charge in [-0.05, 0) is 12.1 Å². The molecule has 1 amide bonds. The number of aryl methyl sites for hydroxylation is 1. The van der Waals surface area contributed by atoms with Crippen LogP contribution in [-0.2, 0) is 13.6 Å². The Bertz CT molecular complexity index is 788. The Hall–Kier alpha value is -2.69. The van der Waals surface area contributed by atoms with Gasteiger partial charge in [0.2, 0.25) is 0 Å². The maximum atomic E-state index is 12.6. The summed E-state index contributed by atoms with van der Waals surface area (Å²) in [7, 11) is 3.66. The quantitative estimate of drug-likeness (QED) is 0.739. The maximum absolute atomic E-state index is 12.6. The van der Waals surface area contributed by atoms with E-state index in [1.54, 1.807) is 35.1 Å². The predicted molar refractivity (Wildman–Crippen MR) is 80.7 cm³/mol. The highest BCUT2D eigenvalue weighted by Gasteiger charge is 2.15. The van der Waals surface area contributed by atoms with Gasteiger partial charge in [-0.25, -0.2) is 0 Å². The number of carbonyl (C=O) groups excluding carboxylic acids is 1. The third-order valence-electron chi connectivity index (χ3n) is 3.40. The van der Waals surface area contributed by atoms with Gasteiger partial charge in [-0.1, -0.05) is 18.2 Å². The van der Waals surface area contributed by atoms with Gasteiger partial charge in [-0.15, -0.1) is 0 Å². The molecule has 0 bridgehead atoms. The minimum atomic E-state index is -0.0162. The molecule has 0 atom stereocenters. The molecule has 5 heteroatoms. The Labute approximate surface area is 122 Å². The third kappa shape index (κ3) is 2.63. The molecule has 0 fully saturated rings. The summed E-state index contributed by atoms with van der Waals surface area (Å²) in [5.41, 5.74) is 2.51. The molecule has 0 aliphatic heterocycles. The van der Waals surface area contributed by atoms with E-state index in [4.69, 9.17) is 0 Å². The number of pyridine rings is 1. The Kier molecular flexibility index (Phi) is 3.39. The molecule has 0 saturated carbocycles. The molecule has 3 aromatic rings. The molecular weight excluding hydrogens is 264 g/mol. The van der Waals surface area contributed by atoms with E-state index in [-0.39, 0.29) is 5.91 Å². The van der Waals surface area contributed by atoms with Gasteiger partial charge in [0.25, 0.3) is 5.91 Å². The van der Waals surface area contributed by atoms with E-state index in [0.29, 0.717) is 12.1 Å². The molecule has 2 aromatic heterocycles. The Morgan fingerprint density at radius 3 is 2.86 bits per heavy atom. The highest BCUT2D eigenvalue weighted by atomic mass is 16.2. The van der Waals surface area contributed by atoms with E-state index in [0.717, 1.165) is 16.5 Å². The van der Waals surface area contributed by atoms with E-state index in [1.165, 1.54) is 0 Å². The highest BCUT2D eigenvalue weighted by molar-refractivity contribution is 6.05. The van der Waals surface area contributed by atoms with Crippen LogP contribution in [0.4, 0.5) is 0 Å². The van der Waals surface area contributed by atoms with Gasteiger partial charge >= 0.3 is 0 Å². The van der Waals surface area contributed by atoms with Crippen molar-refractivity contribution in [3.63, 3.8) is 0 Å². The molecule has 2 heterocycles. The van der Waals surface area contributed by atoms with E-state index < -0.39 is 0 Å². The first-order chi connectivity index (χ1) is 10.1. The smallest absolute Gasteiger partial charge is 0.254 e. The lowest BCUT2D eigenvalue weighted by Gasteiger charge is -2.17. The number of hydrogen-bond donors (Lipinski definition) is 0. The average molecular weight is 280 g/mol. The van der Waals surface area contributed by atoms with Crippen LogP contribution in [0.25, 0.3) is 10.9 Å². The molecule has 0 N–H and O–H groups in total. The zero-order valence-electron chi connectivity index (χ0n) is 12.0. The van der Waals surface area contributed by atoms with Gasteiger partial charge < -0.3 is 4.90 Å². The van der Waals surface area contributed by atoms with Gasteiger partial charge in [0, 0.05) is 44.0 Å². The number of benzene rings is 1. The molecule has 0 saturated heterocycles. The Morgan fingerprint density at radius 2 is 2.10 bits per heavy atom. The first-order valence-electron chi connectivity index (χ1n) is 6.72. The molecule has 0 aliphatic carbocycles. The average Bonchev–Trinajstić information content (AvgIpc) is 2.91. The predicted octanol–water partition coefficient (Wildman–Crippen LogP) is 2.24. The lowest BCUT2D eigenvalue weighted by atomic mass is 10.1. The van der Waals surface area contributed by atoms with Crippen LogP contribution >= 0.6 is 0 Å². The summed E-state index contributed by atoms with van der Waals surface area (Å²) in [5.74, 6) is -0.0162. The second-order valence-electron chi connectivity index (χ2n) is 5.06. The maximum Gasteiger partial charge on any atom is 0.254 e. The third-order valence-corrected chi connectivity index (χ3v) is 3.40. The van der Waals surface area contributed by atoms with Crippen molar-refractivity contribution >= 4 is 16.8 Å². The molecule has 21 heavy (non-hydrogen) atoms. The van der Waals surface area contributed by atoms with Crippen molar-refractivity contribution in [3.05, 3.63) is 60.0 Å². The van der Waals surface area contributed by atoms with Crippen molar-refractivity contribution in [2.45, 2.75) is 6.54 Å². The number of nitrogens with zero attached hydrogens (tertiary/aromatic N) is 4. The van der Waals surface area contributed by atoms with Gasteiger partial charge in [-0.3, -0.25) is 14.5 Å². The highest BCUT2D eigenvalue weighted by Crippen LogP contribution is 2.18. The topological polar surface area (TPSA) is 51.0 Å². The van der Waals surface area contributed by atoms with E-state index in [2.05, 4.69) is 10.1 Å². The van der Waals surface area contributed by atoms with E-state index in [1.807, 2.05) is 37.5 Å². The van der Waals surface area contributed by atoms with Crippen molar-refractivity contribution in [1.82, 2.24) is 19.7 Å². The number of para-hydroxylation sites is 1. The Morgan fingerprint density at radius 1 is 1.29 bits per heavy atom. The fraction of sp³-hybridized carbons (Fsp3) is 0.188. The monoisotopic (exact) mass is 280 g/mol. The summed E-state index contributed by atoms with van der Waals surface area (Å²) >= 11 is 0. The first kappa shape index (κ1) is 13.3. The summed E-state index contributed by atoms with van der Waals surface area (Å²) in [6.07, 6.45) is 5.36. The number of aromatic nitrogens is 3. The molecule has 1 aromatic carbocycles. The Balaban J connectivity index is 1.89.